The van der Waals surface area contributed by atoms with Gasteiger partial charge in [0.2, 0.25) is 0 Å². The van der Waals surface area contributed by atoms with Crippen molar-refractivity contribution in [1.29, 1.82) is 0 Å². The van der Waals surface area contributed by atoms with Crippen LogP contribution < -0.4 is 5.32 Å². The van der Waals surface area contributed by atoms with E-state index in [-0.39, 0.29) is 17.4 Å². The van der Waals surface area contributed by atoms with E-state index in [9.17, 15) is 14.4 Å². The lowest BCUT2D eigenvalue weighted by Crippen LogP contribution is -2.35. The van der Waals surface area contributed by atoms with Gasteiger partial charge in [-0.2, -0.15) is 0 Å². The molecule has 1 aliphatic heterocycles. The number of ether oxygens (including phenoxy) is 1. The molecule has 1 fully saturated rings. The molecule has 0 saturated carbocycles. The Hall–Kier alpha value is -2.67. The predicted octanol–water partition coefficient (Wildman–Crippen LogP) is 4.03. The molecule has 0 bridgehead atoms. The topological polar surface area (TPSA) is 75.7 Å². The summed E-state index contributed by atoms with van der Waals surface area (Å²) in [6.07, 6.45) is 3.09. The zero-order chi connectivity index (χ0) is 20.3. The highest BCUT2D eigenvalue weighted by Crippen LogP contribution is 2.35. The van der Waals surface area contributed by atoms with Crippen molar-refractivity contribution in [2.45, 2.75) is 33.1 Å². The normalized spacial score (nSPS) is 13.9. The van der Waals surface area contributed by atoms with Crippen molar-refractivity contribution in [1.82, 2.24) is 4.90 Å². The molecule has 148 valence electrons. The van der Waals surface area contributed by atoms with Crippen LogP contribution in [0.15, 0.2) is 24.3 Å². The van der Waals surface area contributed by atoms with E-state index in [1.165, 1.54) is 7.11 Å². The number of esters is 1. The summed E-state index contributed by atoms with van der Waals surface area (Å²) < 4.78 is 4.89. The number of carbonyl (C=O) groups excluding carboxylic acids is 3. The largest absolute Gasteiger partial charge is 0.465 e. The lowest BCUT2D eigenvalue weighted by Gasteiger charge is -2.26. The monoisotopic (exact) mass is 400 g/mol. The predicted molar refractivity (Wildman–Crippen MR) is 109 cm³/mol. The molecule has 28 heavy (non-hydrogen) atoms. The fourth-order valence-electron chi connectivity index (χ4n) is 3.27. The summed E-state index contributed by atoms with van der Waals surface area (Å²) in [7, 11) is 1.29. The second kappa shape index (κ2) is 8.56. The quantitative estimate of drug-likeness (QED) is 0.786. The number of thiophene rings is 1. The highest BCUT2D eigenvalue weighted by atomic mass is 32.1. The maximum Gasteiger partial charge on any atom is 0.341 e. The number of aryl methyl sites for hydroxylation is 1. The summed E-state index contributed by atoms with van der Waals surface area (Å²) in [5, 5.41) is 3.13. The van der Waals surface area contributed by atoms with Gasteiger partial charge in [-0.15, -0.1) is 11.3 Å². The van der Waals surface area contributed by atoms with Gasteiger partial charge >= 0.3 is 5.97 Å². The van der Waals surface area contributed by atoms with Crippen LogP contribution in [0.5, 0.6) is 0 Å². The van der Waals surface area contributed by atoms with Gasteiger partial charge in [0.25, 0.3) is 11.8 Å². The number of benzene rings is 1. The molecule has 1 aliphatic rings. The van der Waals surface area contributed by atoms with Crippen molar-refractivity contribution in [3.8, 4) is 0 Å². The summed E-state index contributed by atoms with van der Waals surface area (Å²) >= 11 is 1.13. The van der Waals surface area contributed by atoms with Gasteiger partial charge in [-0.1, -0.05) is 17.7 Å². The van der Waals surface area contributed by atoms with E-state index in [0.29, 0.717) is 21.0 Å². The van der Waals surface area contributed by atoms with E-state index in [4.69, 9.17) is 4.74 Å². The summed E-state index contributed by atoms with van der Waals surface area (Å²) in [5.74, 6) is -0.989. The van der Waals surface area contributed by atoms with Crippen molar-refractivity contribution in [3.63, 3.8) is 0 Å². The minimum atomic E-state index is -0.564. The minimum Gasteiger partial charge on any atom is -0.465 e. The first-order valence-electron chi connectivity index (χ1n) is 9.31. The Morgan fingerprint density at radius 1 is 1.04 bits per heavy atom. The molecule has 1 saturated heterocycles. The Labute approximate surface area is 168 Å². The van der Waals surface area contributed by atoms with Gasteiger partial charge in [0, 0.05) is 18.7 Å². The highest BCUT2D eigenvalue weighted by molar-refractivity contribution is 7.18. The third kappa shape index (κ3) is 4.09. The van der Waals surface area contributed by atoms with E-state index >= 15 is 0 Å². The molecule has 0 radical (unpaired) electrons. The zero-order valence-corrected chi connectivity index (χ0v) is 17.1. The van der Waals surface area contributed by atoms with Gasteiger partial charge in [-0.05, 0) is 50.8 Å². The molecule has 6 nitrogen and oxygen atoms in total. The first-order chi connectivity index (χ1) is 13.4. The summed E-state index contributed by atoms with van der Waals surface area (Å²) in [4.78, 5) is 40.2. The third-order valence-electron chi connectivity index (χ3n) is 4.91. The number of rotatable bonds is 4. The van der Waals surface area contributed by atoms with Crippen LogP contribution in [0.1, 0.15) is 60.8 Å². The van der Waals surface area contributed by atoms with Gasteiger partial charge < -0.3 is 15.0 Å². The smallest absolute Gasteiger partial charge is 0.341 e. The van der Waals surface area contributed by atoms with Crippen LogP contribution in [0, 0.1) is 13.8 Å². The van der Waals surface area contributed by atoms with Gasteiger partial charge in [-0.3, -0.25) is 9.59 Å². The Morgan fingerprint density at radius 2 is 1.68 bits per heavy atom. The molecule has 0 unspecified atom stereocenters. The summed E-state index contributed by atoms with van der Waals surface area (Å²) in [5.41, 5.74) is 2.32. The van der Waals surface area contributed by atoms with Crippen molar-refractivity contribution in [3.05, 3.63) is 51.4 Å². The fraction of sp³-hybridized carbons (Fsp3) is 0.381. The molecule has 2 heterocycles. The standard InChI is InChI=1S/C21H24N2O4S/c1-13-7-9-15(10-8-13)18(24)22-19-16(21(26)27-3)14(2)17(28-19)20(25)23-11-5-4-6-12-23/h7-10H,4-6,11-12H2,1-3H3,(H,22,24). The first-order valence-corrected chi connectivity index (χ1v) is 10.1. The average molecular weight is 401 g/mol. The third-order valence-corrected chi connectivity index (χ3v) is 6.11. The zero-order valence-electron chi connectivity index (χ0n) is 16.3. The average Bonchev–Trinajstić information content (AvgIpc) is 3.03. The maximum absolute atomic E-state index is 13.0. The fourth-order valence-corrected chi connectivity index (χ4v) is 4.43. The van der Waals surface area contributed by atoms with E-state index in [0.717, 1.165) is 49.3 Å². The van der Waals surface area contributed by atoms with Crippen molar-refractivity contribution >= 4 is 34.1 Å². The van der Waals surface area contributed by atoms with Crippen LogP contribution in [-0.4, -0.2) is 42.9 Å². The number of likely N-dealkylation sites (tertiary alicyclic amines) is 1. The van der Waals surface area contributed by atoms with E-state index < -0.39 is 5.97 Å². The van der Waals surface area contributed by atoms with Gasteiger partial charge in [0.15, 0.2) is 0 Å². The van der Waals surface area contributed by atoms with Crippen LogP contribution in [-0.2, 0) is 4.74 Å². The molecule has 2 amide bonds. The molecule has 0 spiro atoms. The Balaban J connectivity index is 1.92. The molecule has 0 atom stereocenters. The number of anilines is 1. The highest BCUT2D eigenvalue weighted by Gasteiger charge is 2.29. The molecular weight excluding hydrogens is 376 g/mol. The first kappa shape index (κ1) is 20.1. The van der Waals surface area contributed by atoms with Gasteiger partial charge in [0.1, 0.15) is 5.00 Å². The molecule has 3 rings (SSSR count). The minimum absolute atomic E-state index is 0.0943. The Morgan fingerprint density at radius 3 is 2.29 bits per heavy atom. The van der Waals surface area contributed by atoms with Crippen LogP contribution in [0.4, 0.5) is 5.00 Å². The summed E-state index contributed by atoms with van der Waals surface area (Å²) in [6, 6.07) is 7.15. The van der Waals surface area contributed by atoms with Gasteiger partial charge in [0.05, 0.1) is 17.6 Å². The van der Waals surface area contributed by atoms with Crippen molar-refractivity contribution in [2.24, 2.45) is 0 Å². The second-order valence-electron chi connectivity index (χ2n) is 6.92. The van der Waals surface area contributed by atoms with E-state index in [1.807, 2.05) is 24.0 Å². The number of piperidine rings is 1. The number of amides is 2. The van der Waals surface area contributed by atoms with Crippen molar-refractivity contribution in [2.75, 3.05) is 25.5 Å². The summed E-state index contributed by atoms with van der Waals surface area (Å²) in [6.45, 7) is 5.10. The number of nitrogens with zero attached hydrogens (tertiary/aromatic N) is 1. The number of hydrogen-bond acceptors (Lipinski definition) is 5. The molecule has 1 N–H and O–H groups in total. The second-order valence-corrected chi connectivity index (χ2v) is 7.95. The van der Waals surface area contributed by atoms with Crippen LogP contribution in [0.25, 0.3) is 0 Å². The molecule has 0 aliphatic carbocycles. The van der Waals surface area contributed by atoms with E-state index in [2.05, 4.69) is 5.32 Å². The number of carbonyl (C=O) groups is 3. The molecule has 1 aromatic carbocycles. The van der Waals surface area contributed by atoms with Gasteiger partial charge in [-0.25, -0.2) is 4.79 Å². The number of nitrogens with one attached hydrogen (secondary N) is 1. The Kier molecular flexibility index (Phi) is 6.14. The van der Waals surface area contributed by atoms with Crippen LogP contribution in [0.2, 0.25) is 0 Å². The van der Waals surface area contributed by atoms with Crippen LogP contribution >= 0.6 is 11.3 Å². The molecule has 1 aromatic heterocycles. The van der Waals surface area contributed by atoms with E-state index in [1.54, 1.807) is 19.1 Å². The molecule has 2 aromatic rings. The molecular formula is C21H24N2O4S. The number of hydrogen-bond donors (Lipinski definition) is 1. The molecule has 7 heteroatoms. The van der Waals surface area contributed by atoms with Crippen molar-refractivity contribution < 1.29 is 19.1 Å². The number of methoxy groups -OCH3 is 1. The lowest BCUT2D eigenvalue weighted by molar-refractivity contribution is 0.0601. The van der Waals surface area contributed by atoms with Crippen LogP contribution in [0.3, 0.4) is 0 Å². The maximum atomic E-state index is 13.0. The SMILES string of the molecule is COC(=O)c1c(NC(=O)c2ccc(C)cc2)sc(C(=O)N2CCCCC2)c1C. The Bertz CT molecular complexity index is 896. The lowest BCUT2D eigenvalue weighted by atomic mass is 10.1.